The molecule has 0 unspecified atom stereocenters. The number of halogens is 3. The fourth-order valence-corrected chi connectivity index (χ4v) is 1.08. The highest BCUT2D eigenvalue weighted by molar-refractivity contribution is 5.92. The van der Waals surface area contributed by atoms with Crippen molar-refractivity contribution in [2.45, 2.75) is 6.18 Å². The largest absolute Gasteiger partial charge is 0.465 e. The Bertz CT molecular complexity index is 477. The molecule has 0 fully saturated rings. The number of carbonyl (C=O) groups is 2. The van der Waals surface area contributed by atoms with Crippen LogP contribution in [0.4, 0.5) is 23.8 Å². The number of alkyl halides is 3. The predicted molar refractivity (Wildman–Crippen MR) is 58.7 cm³/mol. The first-order valence-corrected chi connectivity index (χ1v) is 4.98. The quantitative estimate of drug-likeness (QED) is 0.821. The molecule has 1 aromatic heterocycles. The van der Waals surface area contributed by atoms with Gasteiger partial charge in [-0.25, -0.2) is 14.6 Å². The van der Waals surface area contributed by atoms with Crippen LogP contribution in [0.25, 0.3) is 0 Å². The molecule has 6 nitrogen and oxygen atoms in total. The highest BCUT2D eigenvalue weighted by atomic mass is 19.4. The van der Waals surface area contributed by atoms with Crippen molar-refractivity contribution in [1.29, 1.82) is 0 Å². The molecule has 1 heterocycles. The number of ether oxygens (including phenoxy) is 1. The number of nitrogens with one attached hydrogen (secondary N) is 2. The molecule has 1 aromatic rings. The van der Waals surface area contributed by atoms with E-state index in [0.717, 1.165) is 0 Å². The number of methoxy groups -OCH3 is 1. The highest BCUT2D eigenvalue weighted by Gasteiger charge is 2.27. The fourth-order valence-electron chi connectivity index (χ4n) is 1.08. The standard InChI is InChI=1S/C10H10F3N3O3/c1-19-8(17)6-2-3-14-7(4-6)16-9(18)15-5-10(11,12)13/h2-4H,5H2,1H3,(H2,14,15,16,18). The summed E-state index contributed by atoms with van der Waals surface area (Å²) in [5.74, 6) is -0.719. The maximum Gasteiger partial charge on any atom is 0.405 e. The lowest BCUT2D eigenvalue weighted by atomic mass is 10.2. The minimum atomic E-state index is -4.50. The number of anilines is 1. The van der Waals surface area contributed by atoms with Gasteiger partial charge in [0, 0.05) is 6.20 Å². The molecule has 1 rings (SSSR count). The van der Waals surface area contributed by atoms with Crippen LogP contribution in [0.1, 0.15) is 10.4 Å². The molecule has 9 heteroatoms. The van der Waals surface area contributed by atoms with Crippen molar-refractivity contribution in [2.75, 3.05) is 19.0 Å². The van der Waals surface area contributed by atoms with Crippen molar-refractivity contribution in [2.24, 2.45) is 0 Å². The molecule has 0 aliphatic rings. The van der Waals surface area contributed by atoms with E-state index in [2.05, 4.69) is 15.0 Å². The predicted octanol–water partition coefficient (Wildman–Crippen LogP) is 1.55. The lowest BCUT2D eigenvalue weighted by molar-refractivity contribution is -0.122. The molecule has 0 aromatic carbocycles. The Morgan fingerprint density at radius 3 is 2.68 bits per heavy atom. The van der Waals surface area contributed by atoms with Crippen LogP contribution >= 0.6 is 0 Å². The Morgan fingerprint density at radius 2 is 2.11 bits per heavy atom. The molecule has 19 heavy (non-hydrogen) atoms. The molecule has 104 valence electrons. The van der Waals surface area contributed by atoms with Gasteiger partial charge in [0.05, 0.1) is 12.7 Å². The third-order valence-corrected chi connectivity index (χ3v) is 1.87. The Labute approximate surface area is 106 Å². The SMILES string of the molecule is COC(=O)c1ccnc(NC(=O)NCC(F)(F)F)c1. The van der Waals surface area contributed by atoms with Crippen molar-refractivity contribution >= 4 is 17.8 Å². The highest BCUT2D eigenvalue weighted by Crippen LogP contribution is 2.12. The average molecular weight is 277 g/mol. The van der Waals surface area contributed by atoms with Crippen LogP contribution in [0.15, 0.2) is 18.3 Å². The lowest BCUT2D eigenvalue weighted by Crippen LogP contribution is -2.36. The minimum Gasteiger partial charge on any atom is -0.465 e. The van der Waals surface area contributed by atoms with Crippen molar-refractivity contribution in [1.82, 2.24) is 10.3 Å². The van der Waals surface area contributed by atoms with Crippen molar-refractivity contribution in [3.63, 3.8) is 0 Å². The van der Waals surface area contributed by atoms with Crippen LogP contribution in [0, 0.1) is 0 Å². The first kappa shape index (κ1) is 14.7. The number of amides is 2. The summed E-state index contributed by atoms with van der Waals surface area (Å²) in [6.07, 6.45) is -3.29. The molecule has 2 amide bonds. The Morgan fingerprint density at radius 1 is 1.42 bits per heavy atom. The molecular weight excluding hydrogens is 267 g/mol. The van der Waals surface area contributed by atoms with Gasteiger partial charge in [-0.2, -0.15) is 13.2 Å². The summed E-state index contributed by atoms with van der Waals surface area (Å²) in [6.45, 7) is -1.46. The molecule has 0 saturated carbocycles. The van der Waals surface area contributed by atoms with Gasteiger partial charge in [0.15, 0.2) is 0 Å². The Balaban J connectivity index is 2.62. The Hall–Kier alpha value is -2.32. The van der Waals surface area contributed by atoms with Crippen LogP contribution in [0.5, 0.6) is 0 Å². The van der Waals surface area contributed by atoms with E-state index in [1.54, 1.807) is 5.32 Å². The summed E-state index contributed by atoms with van der Waals surface area (Å²) in [6, 6.07) is 1.44. The molecule has 0 aliphatic heterocycles. The maximum absolute atomic E-state index is 11.9. The van der Waals surface area contributed by atoms with Gasteiger partial charge in [-0.3, -0.25) is 5.32 Å². The molecule has 0 atom stereocenters. The number of hydrogen-bond donors (Lipinski definition) is 2. The normalized spacial score (nSPS) is 10.7. The van der Waals surface area contributed by atoms with E-state index in [1.807, 2.05) is 0 Å². The van der Waals surface area contributed by atoms with E-state index < -0.39 is 24.7 Å². The van der Waals surface area contributed by atoms with Gasteiger partial charge in [0.2, 0.25) is 0 Å². The zero-order valence-electron chi connectivity index (χ0n) is 9.75. The molecule has 0 bridgehead atoms. The van der Waals surface area contributed by atoms with Gasteiger partial charge >= 0.3 is 18.2 Å². The molecule has 0 spiro atoms. The van der Waals surface area contributed by atoms with Crippen molar-refractivity contribution in [3.8, 4) is 0 Å². The number of nitrogens with zero attached hydrogens (tertiary/aromatic N) is 1. The zero-order valence-corrected chi connectivity index (χ0v) is 9.75. The summed E-state index contributed by atoms with van der Waals surface area (Å²) in [7, 11) is 1.17. The second kappa shape index (κ2) is 6.03. The van der Waals surface area contributed by atoms with E-state index in [1.165, 1.54) is 25.4 Å². The first-order chi connectivity index (χ1) is 8.81. The molecule has 0 saturated heterocycles. The van der Waals surface area contributed by atoms with Crippen LogP contribution in [0.3, 0.4) is 0 Å². The number of pyridine rings is 1. The third-order valence-electron chi connectivity index (χ3n) is 1.87. The average Bonchev–Trinajstić information content (AvgIpc) is 2.35. The second-order valence-electron chi connectivity index (χ2n) is 3.34. The fraction of sp³-hybridized carbons (Fsp3) is 0.300. The van der Waals surface area contributed by atoms with Crippen LogP contribution in [-0.4, -0.2) is 36.8 Å². The van der Waals surface area contributed by atoms with E-state index in [9.17, 15) is 22.8 Å². The first-order valence-electron chi connectivity index (χ1n) is 4.98. The lowest BCUT2D eigenvalue weighted by Gasteiger charge is -2.09. The van der Waals surface area contributed by atoms with Gasteiger partial charge < -0.3 is 10.1 Å². The molecule has 0 radical (unpaired) electrons. The monoisotopic (exact) mass is 277 g/mol. The zero-order chi connectivity index (χ0) is 14.5. The van der Waals surface area contributed by atoms with Crippen LogP contribution < -0.4 is 10.6 Å². The molecule has 0 aliphatic carbocycles. The van der Waals surface area contributed by atoms with Crippen LogP contribution in [0.2, 0.25) is 0 Å². The van der Waals surface area contributed by atoms with E-state index >= 15 is 0 Å². The summed E-state index contributed by atoms with van der Waals surface area (Å²) in [5.41, 5.74) is 0.114. The summed E-state index contributed by atoms with van der Waals surface area (Å²) >= 11 is 0. The second-order valence-corrected chi connectivity index (χ2v) is 3.34. The van der Waals surface area contributed by atoms with Crippen molar-refractivity contribution < 1.29 is 27.5 Å². The van der Waals surface area contributed by atoms with Crippen molar-refractivity contribution in [3.05, 3.63) is 23.9 Å². The van der Waals surface area contributed by atoms with Gasteiger partial charge in [0.25, 0.3) is 0 Å². The number of hydrogen-bond acceptors (Lipinski definition) is 4. The Kier molecular flexibility index (Phi) is 4.67. The van der Waals surface area contributed by atoms with Gasteiger partial charge in [-0.15, -0.1) is 0 Å². The van der Waals surface area contributed by atoms with Gasteiger partial charge in [-0.1, -0.05) is 0 Å². The summed E-state index contributed by atoms with van der Waals surface area (Å²) in [4.78, 5) is 26.0. The maximum atomic E-state index is 11.9. The number of esters is 1. The van der Waals surface area contributed by atoms with E-state index in [4.69, 9.17) is 0 Å². The number of rotatable bonds is 3. The smallest absolute Gasteiger partial charge is 0.405 e. The van der Waals surface area contributed by atoms with Gasteiger partial charge in [-0.05, 0) is 12.1 Å². The number of urea groups is 1. The topological polar surface area (TPSA) is 80.3 Å². The molecule has 2 N–H and O–H groups in total. The number of aromatic nitrogens is 1. The van der Waals surface area contributed by atoms with Crippen LogP contribution in [-0.2, 0) is 4.74 Å². The van der Waals surface area contributed by atoms with E-state index in [-0.39, 0.29) is 11.4 Å². The number of carbonyl (C=O) groups excluding carboxylic acids is 2. The molecular formula is C10H10F3N3O3. The third kappa shape index (κ3) is 5.23. The summed E-state index contributed by atoms with van der Waals surface area (Å²) < 4.78 is 40.0. The van der Waals surface area contributed by atoms with E-state index in [0.29, 0.717) is 0 Å². The summed E-state index contributed by atoms with van der Waals surface area (Å²) in [5, 5.41) is 3.67. The van der Waals surface area contributed by atoms with Gasteiger partial charge in [0.1, 0.15) is 12.4 Å². The minimum absolute atomic E-state index is 0.0671.